The van der Waals surface area contributed by atoms with Crippen LogP contribution in [0, 0.1) is 10.8 Å². The van der Waals surface area contributed by atoms with Crippen LogP contribution < -0.4 is 11.1 Å². The molecule has 236 valence electrons. The van der Waals surface area contributed by atoms with Crippen molar-refractivity contribution >= 4 is 35.1 Å². The van der Waals surface area contributed by atoms with Crippen LogP contribution in [-0.4, -0.2) is 42.4 Å². The molecule has 0 unspecified atom stereocenters. The molecular formula is C33H46N2O6S2. The number of pyridine rings is 2. The molecule has 0 amide bonds. The minimum absolute atomic E-state index is 0.0815. The Morgan fingerprint density at radius 1 is 0.698 bits per heavy atom. The molecule has 10 heteroatoms. The second-order valence-corrected chi connectivity index (χ2v) is 15.9. The summed E-state index contributed by atoms with van der Waals surface area (Å²) in [7, 11) is 0. The summed E-state index contributed by atoms with van der Waals surface area (Å²) in [6, 6.07) is 3.24. The van der Waals surface area contributed by atoms with E-state index in [1.807, 2.05) is 0 Å². The molecule has 43 heavy (non-hydrogen) atoms. The standard InChI is InChI=1S/C33H46N2O6S2/c1-32(2,20-34-28(38)18-26-24(30(34)40)12-16-42-26)14-6-10-22(36)8-5-9-23(37)11-7-15-33(3,4)21-35-29(39)19-27-25(31(35)41)13-17-43-27/h18-19,40-41H,5-17,20-21H2,1-4H3. The second kappa shape index (κ2) is 14.1. The number of nitrogens with zero attached hydrogens (tertiary/aromatic N) is 2. The molecule has 0 saturated carbocycles. The number of aromatic nitrogens is 2. The maximum absolute atomic E-state index is 12.6. The molecule has 2 aromatic rings. The zero-order chi connectivity index (χ0) is 31.4. The highest BCUT2D eigenvalue weighted by Crippen LogP contribution is 2.38. The zero-order valence-electron chi connectivity index (χ0n) is 26.0. The molecule has 0 aromatic carbocycles. The molecule has 0 atom stereocenters. The van der Waals surface area contributed by atoms with Crippen LogP contribution in [0.5, 0.6) is 11.8 Å². The van der Waals surface area contributed by atoms with Crippen molar-refractivity contribution < 1.29 is 19.8 Å². The van der Waals surface area contributed by atoms with Crippen molar-refractivity contribution in [3.63, 3.8) is 0 Å². The van der Waals surface area contributed by atoms with Gasteiger partial charge in [-0.05, 0) is 55.8 Å². The van der Waals surface area contributed by atoms with Crippen LogP contribution in [0.4, 0.5) is 0 Å². The van der Waals surface area contributed by atoms with Gasteiger partial charge in [0.1, 0.15) is 11.6 Å². The molecule has 0 fully saturated rings. The van der Waals surface area contributed by atoms with E-state index in [0.29, 0.717) is 58.0 Å². The molecular weight excluding hydrogens is 585 g/mol. The average Bonchev–Trinajstić information content (AvgIpc) is 3.58. The molecule has 0 radical (unpaired) electrons. The summed E-state index contributed by atoms with van der Waals surface area (Å²) in [6.07, 6.45) is 6.66. The van der Waals surface area contributed by atoms with E-state index in [1.54, 1.807) is 35.7 Å². The molecule has 0 saturated heterocycles. The Morgan fingerprint density at radius 2 is 1.07 bits per heavy atom. The smallest absolute Gasteiger partial charge is 0.254 e. The van der Waals surface area contributed by atoms with Crippen molar-refractivity contribution in [1.29, 1.82) is 0 Å². The van der Waals surface area contributed by atoms with E-state index in [4.69, 9.17) is 0 Å². The zero-order valence-corrected chi connectivity index (χ0v) is 27.6. The van der Waals surface area contributed by atoms with Crippen molar-refractivity contribution in [2.75, 3.05) is 11.5 Å². The molecule has 2 N–H and O–H groups in total. The minimum atomic E-state index is -0.253. The van der Waals surface area contributed by atoms with E-state index in [9.17, 15) is 29.4 Å². The molecule has 4 heterocycles. The number of carbonyl (C=O) groups excluding carboxylic acids is 2. The Kier molecular flexibility index (Phi) is 11.0. The van der Waals surface area contributed by atoms with Gasteiger partial charge in [-0.2, -0.15) is 0 Å². The largest absolute Gasteiger partial charge is 0.494 e. The van der Waals surface area contributed by atoms with Gasteiger partial charge < -0.3 is 10.2 Å². The Morgan fingerprint density at radius 3 is 1.47 bits per heavy atom. The van der Waals surface area contributed by atoms with Gasteiger partial charge in [0.15, 0.2) is 11.8 Å². The van der Waals surface area contributed by atoms with Gasteiger partial charge in [0.25, 0.3) is 11.1 Å². The van der Waals surface area contributed by atoms with Gasteiger partial charge >= 0.3 is 0 Å². The van der Waals surface area contributed by atoms with E-state index < -0.39 is 0 Å². The summed E-state index contributed by atoms with van der Waals surface area (Å²) in [4.78, 5) is 51.9. The predicted octanol–water partition coefficient (Wildman–Crippen LogP) is 6.12. The van der Waals surface area contributed by atoms with Crippen LogP contribution >= 0.6 is 23.5 Å². The fourth-order valence-electron chi connectivity index (χ4n) is 6.14. The first-order valence-electron chi connectivity index (χ1n) is 15.5. The summed E-state index contributed by atoms with van der Waals surface area (Å²) in [6.45, 7) is 9.02. The lowest BCUT2D eigenvalue weighted by Crippen LogP contribution is -2.29. The van der Waals surface area contributed by atoms with E-state index in [-0.39, 0.29) is 45.3 Å². The number of rotatable bonds is 16. The lowest BCUT2D eigenvalue weighted by molar-refractivity contribution is -0.120. The number of carbonyl (C=O) groups is 2. The minimum Gasteiger partial charge on any atom is -0.494 e. The molecule has 2 aliphatic heterocycles. The van der Waals surface area contributed by atoms with Crippen LogP contribution in [0.1, 0.15) is 96.6 Å². The molecule has 2 aliphatic rings. The van der Waals surface area contributed by atoms with Gasteiger partial charge in [-0.1, -0.05) is 27.7 Å². The van der Waals surface area contributed by atoms with E-state index in [2.05, 4.69) is 27.7 Å². The van der Waals surface area contributed by atoms with Gasteiger partial charge in [0.2, 0.25) is 0 Å². The number of hydrogen-bond acceptors (Lipinski definition) is 8. The highest BCUT2D eigenvalue weighted by atomic mass is 32.2. The first kappa shape index (κ1) is 33.4. The monoisotopic (exact) mass is 630 g/mol. The van der Waals surface area contributed by atoms with E-state index in [0.717, 1.165) is 58.1 Å². The maximum Gasteiger partial charge on any atom is 0.254 e. The van der Waals surface area contributed by atoms with Crippen LogP contribution in [0.15, 0.2) is 31.5 Å². The predicted molar refractivity (Wildman–Crippen MR) is 173 cm³/mol. The number of fused-ring (bicyclic) bond motifs is 2. The first-order chi connectivity index (χ1) is 20.3. The van der Waals surface area contributed by atoms with Crippen LogP contribution in [0.3, 0.4) is 0 Å². The summed E-state index contributed by atoms with van der Waals surface area (Å²) in [5.74, 6) is 2.23. The highest BCUT2D eigenvalue weighted by molar-refractivity contribution is 7.99. The van der Waals surface area contributed by atoms with Gasteiger partial charge in [0.05, 0.1) is 0 Å². The lowest BCUT2D eigenvalue weighted by atomic mass is 9.86. The van der Waals surface area contributed by atoms with Crippen LogP contribution in [0.2, 0.25) is 0 Å². The maximum atomic E-state index is 12.6. The van der Waals surface area contributed by atoms with Crippen molar-refractivity contribution in [2.45, 2.75) is 121 Å². The van der Waals surface area contributed by atoms with Gasteiger partial charge in [0, 0.05) is 83.3 Å². The number of hydrogen-bond donors (Lipinski definition) is 2. The topological polar surface area (TPSA) is 119 Å². The van der Waals surface area contributed by atoms with Crippen molar-refractivity contribution in [1.82, 2.24) is 9.13 Å². The molecule has 0 aliphatic carbocycles. The fourth-order valence-corrected chi connectivity index (χ4v) is 8.30. The quantitative estimate of drug-likeness (QED) is 0.228. The highest BCUT2D eigenvalue weighted by Gasteiger charge is 2.27. The van der Waals surface area contributed by atoms with E-state index in [1.165, 1.54) is 9.13 Å². The number of thioether (sulfide) groups is 2. The van der Waals surface area contributed by atoms with Crippen molar-refractivity contribution in [3.05, 3.63) is 44.0 Å². The Hall–Kier alpha value is -2.46. The Balaban J connectivity index is 1.12. The third-order valence-corrected chi connectivity index (χ3v) is 10.8. The third kappa shape index (κ3) is 8.81. The Labute approximate surface area is 262 Å². The van der Waals surface area contributed by atoms with Crippen LogP contribution in [-0.2, 0) is 35.5 Å². The normalized spacial score (nSPS) is 14.6. The number of aromatic hydroxyl groups is 2. The van der Waals surface area contributed by atoms with Gasteiger partial charge in [-0.3, -0.25) is 28.3 Å². The third-order valence-electron chi connectivity index (χ3n) is 8.61. The first-order valence-corrected chi connectivity index (χ1v) is 17.4. The second-order valence-electron chi connectivity index (χ2n) is 13.6. The molecule has 0 spiro atoms. The van der Waals surface area contributed by atoms with Crippen molar-refractivity contribution in [3.8, 4) is 11.8 Å². The lowest BCUT2D eigenvalue weighted by Gasteiger charge is -2.26. The summed E-state index contributed by atoms with van der Waals surface area (Å²) >= 11 is 3.21. The molecule has 2 aromatic heterocycles. The summed E-state index contributed by atoms with van der Waals surface area (Å²) in [5.41, 5.74) is 0.849. The van der Waals surface area contributed by atoms with E-state index >= 15 is 0 Å². The van der Waals surface area contributed by atoms with Crippen molar-refractivity contribution in [2.24, 2.45) is 10.8 Å². The molecule has 8 nitrogen and oxygen atoms in total. The summed E-state index contributed by atoms with van der Waals surface area (Å²) in [5, 5.41) is 21.3. The molecule has 4 rings (SSSR count). The Bertz CT molecular complexity index is 1360. The number of Topliss-reactive ketones (excluding diaryl/α,β-unsaturated/α-hetero) is 2. The molecule has 0 bridgehead atoms. The fraction of sp³-hybridized carbons (Fsp3) is 0.636. The van der Waals surface area contributed by atoms with Gasteiger partial charge in [-0.25, -0.2) is 0 Å². The number of ketones is 2. The summed E-state index contributed by atoms with van der Waals surface area (Å²) < 4.78 is 2.94. The van der Waals surface area contributed by atoms with Crippen LogP contribution in [0.25, 0.3) is 0 Å². The van der Waals surface area contributed by atoms with Gasteiger partial charge in [-0.15, -0.1) is 23.5 Å². The SMILES string of the molecule is CC(C)(CCCC(=O)CCCC(=O)CCCC(C)(C)Cn1c(O)c2c(cc1=O)SCC2)Cn1c(O)c2c(cc1=O)SCC2. The average molecular weight is 631 g/mol.